The molecule has 0 aromatic heterocycles. The number of hydrogen-bond acceptors (Lipinski definition) is 1. The molecule has 0 spiro atoms. The standard InChI is InChI=1S/C17H20IN/c1-3-13-8-10-14(11-9-13)17(19-4-2)15-6-5-7-16(18)12-15/h5-12,17,19H,3-4H2,1-2H3. The predicted octanol–water partition coefficient (Wildman–Crippen LogP) is 4.55. The molecule has 1 unspecified atom stereocenters. The van der Waals surface area contributed by atoms with E-state index in [-0.39, 0.29) is 6.04 Å². The summed E-state index contributed by atoms with van der Waals surface area (Å²) in [6.45, 7) is 5.31. The highest BCUT2D eigenvalue weighted by atomic mass is 127. The van der Waals surface area contributed by atoms with E-state index in [2.05, 4.69) is 90.3 Å². The van der Waals surface area contributed by atoms with Gasteiger partial charge in [0.15, 0.2) is 0 Å². The van der Waals surface area contributed by atoms with E-state index in [1.165, 1.54) is 20.3 Å². The zero-order valence-corrected chi connectivity index (χ0v) is 13.6. The molecule has 2 aromatic carbocycles. The molecule has 2 heteroatoms. The summed E-state index contributed by atoms with van der Waals surface area (Å²) in [6.07, 6.45) is 1.09. The third kappa shape index (κ3) is 3.80. The maximum absolute atomic E-state index is 3.58. The smallest absolute Gasteiger partial charge is 0.0577 e. The highest BCUT2D eigenvalue weighted by molar-refractivity contribution is 14.1. The lowest BCUT2D eigenvalue weighted by Gasteiger charge is -2.19. The van der Waals surface area contributed by atoms with Gasteiger partial charge in [-0.15, -0.1) is 0 Å². The molecule has 2 aromatic rings. The number of rotatable bonds is 5. The van der Waals surface area contributed by atoms with Gasteiger partial charge in [-0.3, -0.25) is 0 Å². The van der Waals surface area contributed by atoms with E-state index in [4.69, 9.17) is 0 Å². The molecule has 0 heterocycles. The van der Waals surface area contributed by atoms with Crippen LogP contribution in [-0.2, 0) is 6.42 Å². The second-order valence-electron chi connectivity index (χ2n) is 4.64. The number of benzene rings is 2. The highest BCUT2D eigenvalue weighted by Gasteiger charge is 2.12. The molecule has 0 aliphatic rings. The minimum atomic E-state index is 0.283. The molecule has 0 radical (unpaired) electrons. The van der Waals surface area contributed by atoms with Gasteiger partial charge in [0, 0.05) is 3.57 Å². The van der Waals surface area contributed by atoms with Crippen LogP contribution in [0.3, 0.4) is 0 Å². The molecule has 0 saturated carbocycles. The van der Waals surface area contributed by atoms with Crippen LogP contribution in [0.25, 0.3) is 0 Å². The fourth-order valence-corrected chi connectivity index (χ4v) is 2.83. The Bertz CT molecular complexity index is 519. The van der Waals surface area contributed by atoms with Crippen molar-refractivity contribution in [3.63, 3.8) is 0 Å². The molecule has 19 heavy (non-hydrogen) atoms. The van der Waals surface area contributed by atoms with Gasteiger partial charge < -0.3 is 5.32 Å². The molecule has 0 amide bonds. The summed E-state index contributed by atoms with van der Waals surface area (Å²) in [4.78, 5) is 0. The van der Waals surface area contributed by atoms with Crippen molar-refractivity contribution < 1.29 is 0 Å². The SMILES string of the molecule is CCNC(c1ccc(CC)cc1)c1cccc(I)c1. The van der Waals surface area contributed by atoms with Crippen molar-refractivity contribution in [1.82, 2.24) is 5.32 Å². The van der Waals surface area contributed by atoms with Gasteiger partial charge >= 0.3 is 0 Å². The third-order valence-corrected chi connectivity index (χ3v) is 3.98. The summed E-state index contributed by atoms with van der Waals surface area (Å²) in [7, 11) is 0. The van der Waals surface area contributed by atoms with Gasteiger partial charge in [0.1, 0.15) is 0 Å². The van der Waals surface area contributed by atoms with Gasteiger partial charge in [0.25, 0.3) is 0 Å². The summed E-state index contributed by atoms with van der Waals surface area (Å²) in [5.74, 6) is 0. The molecule has 100 valence electrons. The molecule has 1 nitrogen and oxygen atoms in total. The highest BCUT2D eigenvalue weighted by Crippen LogP contribution is 2.23. The Morgan fingerprint density at radius 2 is 1.74 bits per heavy atom. The van der Waals surface area contributed by atoms with Crippen LogP contribution in [0.15, 0.2) is 48.5 Å². The maximum Gasteiger partial charge on any atom is 0.0577 e. The number of aryl methyl sites for hydroxylation is 1. The second-order valence-corrected chi connectivity index (χ2v) is 5.89. The second kappa shape index (κ2) is 7.06. The summed E-state index contributed by atoms with van der Waals surface area (Å²) in [6, 6.07) is 17.9. The fourth-order valence-electron chi connectivity index (χ4n) is 2.26. The first-order chi connectivity index (χ1) is 9.24. The Balaban J connectivity index is 2.33. The Morgan fingerprint density at radius 1 is 1.00 bits per heavy atom. The van der Waals surface area contributed by atoms with E-state index in [0.717, 1.165) is 13.0 Å². The Morgan fingerprint density at radius 3 is 2.32 bits per heavy atom. The third-order valence-electron chi connectivity index (χ3n) is 3.31. The first kappa shape index (κ1) is 14.5. The van der Waals surface area contributed by atoms with Crippen LogP contribution >= 0.6 is 22.6 Å². The van der Waals surface area contributed by atoms with Crippen LogP contribution in [0.1, 0.15) is 36.6 Å². The lowest BCUT2D eigenvalue weighted by atomic mass is 9.97. The lowest BCUT2D eigenvalue weighted by Crippen LogP contribution is -2.22. The minimum absolute atomic E-state index is 0.283. The van der Waals surface area contributed by atoms with Gasteiger partial charge in [-0.1, -0.05) is 50.2 Å². The van der Waals surface area contributed by atoms with E-state index < -0.39 is 0 Å². The molecule has 1 atom stereocenters. The molecule has 0 aliphatic heterocycles. The Kier molecular flexibility index (Phi) is 5.40. The predicted molar refractivity (Wildman–Crippen MR) is 90.5 cm³/mol. The monoisotopic (exact) mass is 365 g/mol. The Hall–Kier alpha value is -0.870. The minimum Gasteiger partial charge on any atom is -0.307 e. The number of nitrogens with one attached hydrogen (secondary N) is 1. The van der Waals surface area contributed by atoms with Crippen molar-refractivity contribution >= 4 is 22.6 Å². The van der Waals surface area contributed by atoms with E-state index >= 15 is 0 Å². The van der Waals surface area contributed by atoms with E-state index in [1.807, 2.05) is 0 Å². The van der Waals surface area contributed by atoms with Crippen LogP contribution < -0.4 is 5.32 Å². The van der Waals surface area contributed by atoms with Crippen LogP contribution in [-0.4, -0.2) is 6.54 Å². The van der Waals surface area contributed by atoms with Crippen molar-refractivity contribution in [1.29, 1.82) is 0 Å². The topological polar surface area (TPSA) is 12.0 Å². The Labute approximate surface area is 129 Å². The molecule has 0 saturated heterocycles. The average molecular weight is 365 g/mol. The van der Waals surface area contributed by atoms with Crippen LogP contribution in [0.2, 0.25) is 0 Å². The van der Waals surface area contributed by atoms with Gasteiger partial charge in [-0.2, -0.15) is 0 Å². The molecular weight excluding hydrogens is 345 g/mol. The first-order valence-corrected chi connectivity index (χ1v) is 7.90. The van der Waals surface area contributed by atoms with Crippen LogP contribution in [0, 0.1) is 3.57 Å². The van der Waals surface area contributed by atoms with Crippen LogP contribution in [0.4, 0.5) is 0 Å². The lowest BCUT2D eigenvalue weighted by molar-refractivity contribution is 0.630. The van der Waals surface area contributed by atoms with E-state index in [0.29, 0.717) is 0 Å². The molecule has 0 fully saturated rings. The largest absolute Gasteiger partial charge is 0.307 e. The van der Waals surface area contributed by atoms with E-state index in [9.17, 15) is 0 Å². The van der Waals surface area contributed by atoms with Gasteiger partial charge in [-0.25, -0.2) is 0 Å². The zero-order chi connectivity index (χ0) is 13.7. The zero-order valence-electron chi connectivity index (χ0n) is 11.5. The van der Waals surface area contributed by atoms with Crippen molar-refractivity contribution in [2.75, 3.05) is 6.54 Å². The average Bonchev–Trinajstić information content (AvgIpc) is 2.45. The summed E-state index contributed by atoms with van der Waals surface area (Å²) in [5.41, 5.74) is 4.06. The summed E-state index contributed by atoms with van der Waals surface area (Å²) in [5, 5.41) is 3.58. The summed E-state index contributed by atoms with van der Waals surface area (Å²) < 4.78 is 1.28. The quantitative estimate of drug-likeness (QED) is 0.767. The van der Waals surface area contributed by atoms with Crippen molar-refractivity contribution in [3.05, 3.63) is 68.8 Å². The maximum atomic E-state index is 3.58. The molecule has 2 rings (SSSR count). The normalized spacial score (nSPS) is 12.4. The van der Waals surface area contributed by atoms with Gasteiger partial charge in [0.05, 0.1) is 6.04 Å². The van der Waals surface area contributed by atoms with Crippen molar-refractivity contribution in [3.8, 4) is 0 Å². The number of hydrogen-bond donors (Lipinski definition) is 1. The number of halogens is 1. The van der Waals surface area contributed by atoms with Gasteiger partial charge in [-0.05, 0) is 64.4 Å². The molecule has 0 bridgehead atoms. The van der Waals surface area contributed by atoms with Crippen LogP contribution in [0.5, 0.6) is 0 Å². The first-order valence-electron chi connectivity index (χ1n) is 6.82. The molecule has 1 N–H and O–H groups in total. The summed E-state index contributed by atoms with van der Waals surface area (Å²) >= 11 is 2.37. The van der Waals surface area contributed by atoms with Gasteiger partial charge in [0.2, 0.25) is 0 Å². The van der Waals surface area contributed by atoms with Crippen molar-refractivity contribution in [2.45, 2.75) is 26.3 Å². The van der Waals surface area contributed by atoms with Crippen molar-refractivity contribution in [2.24, 2.45) is 0 Å². The van der Waals surface area contributed by atoms with E-state index in [1.54, 1.807) is 0 Å². The fraction of sp³-hybridized carbons (Fsp3) is 0.294. The molecule has 0 aliphatic carbocycles. The molecular formula is C17H20IN.